The van der Waals surface area contributed by atoms with E-state index in [1.165, 1.54) is 0 Å². The lowest BCUT2D eigenvalue weighted by Gasteiger charge is -2.24. The Balaban J connectivity index is 2.20. The van der Waals surface area contributed by atoms with E-state index in [0.29, 0.717) is 6.42 Å². The van der Waals surface area contributed by atoms with E-state index >= 15 is 0 Å². The predicted molar refractivity (Wildman–Crippen MR) is 68.1 cm³/mol. The quantitative estimate of drug-likeness (QED) is 0.638. The second kappa shape index (κ2) is 5.40. The molecule has 0 aromatic heterocycles. The normalized spacial score (nSPS) is 26.0. The first-order valence-corrected chi connectivity index (χ1v) is 6.26. The number of cyclic esters (lactones) is 1. The van der Waals surface area contributed by atoms with Crippen LogP contribution in [0, 0.1) is 5.92 Å². The van der Waals surface area contributed by atoms with Gasteiger partial charge in [-0.15, -0.1) is 0 Å². The van der Waals surface area contributed by atoms with Crippen molar-refractivity contribution in [2.24, 2.45) is 11.7 Å². The van der Waals surface area contributed by atoms with E-state index in [0.717, 1.165) is 5.56 Å². The Hall–Kier alpha value is -1.88. The van der Waals surface area contributed by atoms with Gasteiger partial charge in [-0.3, -0.25) is 0 Å². The van der Waals surface area contributed by atoms with Gasteiger partial charge in [0, 0.05) is 5.92 Å². The minimum atomic E-state index is -1.69. The lowest BCUT2D eigenvalue weighted by Crippen LogP contribution is -2.58. The molecular weight excluding hydrogens is 246 g/mol. The van der Waals surface area contributed by atoms with Gasteiger partial charge in [-0.05, 0) is 18.9 Å². The number of carbonyl (C=O) groups excluding carboxylic acids is 2. The monoisotopic (exact) mass is 263 g/mol. The summed E-state index contributed by atoms with van der Waals surface area (Å²) in [5.74, 6) is -1.81. The van der Waals surface area contributed by atoms with E-state index in [2.05, 4.69) is 0 Å². The van der Waals surface area contributed by atoms with Crippen LogP contribution in [0.25, 0.3) is 0 Å². The highest BCUT2D eigenvalue weighted by molar-refractivity contribution is 6.06. The minimum absolute atomic E-state index is 0.142. The molecule has 2 N–H and O–H groups in total. The van der Waals surface area contributed by atoms with Crippen LogP contribution < -0.4 is 5.73 Å². The molecule has 1 heterocycles. The van der Waals surface area contributed by atoms with Crippen LogP contribution in [0.2, 0.25) is 0 Å². The van der Waals surface area contributed by atoms with Crippen molar-refractivity contribution < 1.29 is 19.1 Å². The molecule has 0 aliphatic carbocycles. The van der Waals surface area contributed by atoms with Crippen LogP contribution in [0.15, 0.2) is 30.3 Å². The van der Waals surface area contributed by atoms with Crippen molar-refractivity contribution in [3.63, 3.8) is 0 Å². The average Bonchev–Trinajstić information content (AvgIpc) is 2.70. The fourth-order valence-electron chi connectivity index (χ4n) is 2.21. The maximum atomic E-state index is 11.9. The topological polar surface area (TPSA) is 78.6 Å². The molecule has 1 fully saturated rings. The number of ether oxygens (including phenoxy) is 2. The molecule has 5 heteroatoms. The highest BCUT2D eigenvalue weighted by Crippen LogP contribution is 2.29. The Kier molecular flexibility index (Phi) is 3.85. The molecule has 5 nitrogen and oxygen atoms in total. The number of carbonyl (C=O) groups is 2. The molecule has 1 aliphatic rings. The number of hydrogen-bond acceptors (Lipinski definition) is 5. The van der Waals surface area contributed by atoms with Gasteiger partial charge in [0.25, 0.3) is 0 Å². The maximum absolute atomic E-state index is 11.9. The molecular formula is C14H17NO4. The highest BCUT2D eigenvalue weighted by atomic mass is 16.6. The number of rotatable bonds is 4. The van der Waals surface area contributed by atoms with E-state index in [1.54, 1.807) is 6.92 Å². The minimum Gasteiger partial charge on any atom is -0.464 e. The summed E-state index contributed by atoms with van der Waals surface area (Å²) in [6.07, 6.45) is 0.502. The summed E-state index contributed by atoms with van der Waals surface area (Å²) in [5.41, 5.74) is 5.29. The van der Waals surface area contributed by atoms with Crippen LogP contribution in [0.1, 0.15) is 12.5 Å². The van der Waals surface area contributed by atoms with Crippen LogP contribution in [0.5, 0.6) is 0 Å². The molecule has 0 spiro atoms. The standard InChI is InChI=1S/C14H17NO4/c1-2-18-12(16)14(15)11(9-19-13(14)17)8-10-6-4-3-5-7-10/h3-7,11H,2,8-9,15H2,1H3/t11-,14+/m0/s1. The Morgan fingerprint density at radius 1 is 1.47 bits per heavy atom. The smallest absolute Gasteiger partial charge is 0.338 e. The van der Waals surface area contributed by atoms with E-state index in [9.17, 15) is 9.59 Å². The molecule has 1 aromatic rings. The van der Waals surface area contributed by atoms with Crippen molar-refractivity contribution in [1.29, 1.82) is 0 Å². The molecule has 2 atom stereocenters. The zero-order chi connectivity index (χ0) is 13.9. The Labute approximate surface area is 111 Å². The largest absolute Gasteiger partial charge is 0.464 e. The molecule has 2 rings (SSSR count). The third-order valence-corrected chi connectivity index (χ3v) is 3.34. The van der Waals surface area contributed by atoms with E-state index in [1.807, 2.05) is 30.3 Å². The Bertz CT molecular complexity index is 474. The lowest BCUT2D eigenvalue weighted by atomic mass is 9.83. The van der Waals surface area contributed by atoms with Crippen LogP contribution in [-0.2, 0) is 25.5 Å². The van der Waals surface area contributed by atoms with Gasteiger partial charge >= 0.3 is 11.9 Å². The van der Waals surface area contributed by atoms with Gasteiger partial charge in [0.1, 0.15) is 0 Å². The number of benzene rings is 1. The summed E-state index contributed by atoms with van der Waals surface area (Å²) in [7, 11) is 0. The van der Waals surface area contributed by atoms with Crippen LogP contribution >= 0.6 is 0 Å². The van der Waals surface area contributed by atoms with Gasteiger partial charge in [0.2, 0.25) is 5.54 Å². The van der Waals surface area contributed by atoms with Crippen molar-refractivity contribution in [3.8, 4) is 0 Å². The van der Waals surface area contributed by atoms with Gasteiger partial charge in [-0.25, -0.2) is 9.59 Å². The molecule has 0 bridgehead atoms. The molecule has 0 saturated carbocycles. The summed E-state index contributed by atoms with van der Waals surface area (Å²) in [6, 6.07) is 9.55. The predicted octanol–water partition coefficient (Wildman–Crippen LogP) is 0.663. The van der Waals surface area contributed by atoms with Crippen LogP contribution in [-0.4, -0.2) is 30.7 Å². The van der Waals surface area contributed by atoms with E-state index < -0.39 is 23.4 Å². The average molecular weight is 263 g/mol. The van der Waals surface area contributed by atoms with Gasteiger partial charge in [0.15, 0.2) is 0 Å². The second-order valence-electron chi connectivity index (χ2n) is 4.57. The van der Waals surface area contributed by atoms with E-state index in [4.69, 9.17) is 15.2 Å². The zero-order valence-electron chi connectivity index (χ0n) is 10.8. The molecule has 1 saturated heterocycles. The fourth-order valence-corrected chi connectivity index (χ4v) is 2.21. The SMILES string of the molecule is CCOC(=O)[C@@]1(N)C(=O)OC[C@@H]1Cc1ccccc1. The summed E-state index contributed by atoms with van der Waals surface area (Å²) in [4.78, 5) is 23.7. The lowest BCUT2D eigenvalue weighted by molar-refractivity contribution is -0.158. The van der Waals surface area contributed by atoms with Crippen molar-refractivity contribution in [1.82, 2.24) is 0 Å². The highest BCUT2D eigenvalue weighted by Gasteiger charge is 2.56. The summed E-state index contributed by atoms with van der Waals surface area (Å²) in [6.45, 7) is 2.00. The maximum Gasteiger partial charge on any atom is 0.338 e. The van der Waals surface area contributed by atoms with Crippen molar-refractivity contribution >= 4 is 11.9 Å². The third-order valence-electron chi connectivity index (χ3n) is 3.34. The van der Waals surface area contributed by atoms with Crippen LogP contribution in [0.4, 0.5) is 0 Å². The molecule has 1 aromatic carbocycles. The molecule has 0 radical (unpaired) electrons. The van der Waals surface area contributed by atoms with Gasteiger partial charge in [0.05, 0.1) is 13.2 Å². The van der Waals surface area contributed by atoms with Crippen molar-refractivity contribution in [2.45, 2.75) is 18.9 Å². The Morgan fingerprint density at radius 2 is 2.16 bits per heavy atom. The van der Waals surface area contributed by atoms with Gasteiger partial charge in [-0.1, -0.05) is 30.3 Å². The Morgan fingerprint density at radius 3 is 2.79 bits per heavy atom. The number of hydrogen-bond donors (Lipinski definition) is 1. The fraction of sp³-hybridized carbons (Fsp3) is 0.429. The molecule has 0 unspecified atom stereocenters. The first-order valence-electron chi connectivity index (χ1n) is 6.26. The van der Waals surface area contributed by atoms with Crippen LogP contribution in [0.3, 0.4) is 0 Å². The van der Waals surface area contributed by atoms with Crippen molar-refractivity contribution in [2.75, 3.05) is 13.2 Å². The molecule has 19 heavy (non-hydrogen) atoms. The zero-order valence-corrected chi connectivity index (χ0v) is 10.8. The molecule has 0 amide bonds. The molecule has 102 valence electrons. The van der Waals surface area contributed by atoms with E-state index in [-0.39, 0.29) is 13.2 Å². The summed E-state index contributed by atoms with van der Waals surface area (Å²) < 4.78 is 9.86. The first kappa shape index (κ1) is 13.5. The summed E-state index contributed by atoms with van der Waals surface area (Å²) in [5, 5.41) is 0. The second-order valence-corrected chi connectivity index (χ2v) is 4.57. The number of esters is 2. The third kappa shape index (κ3) is 2.46. The summed E-state index contributed by atoms with van der Waals surface area (Å²) >= 11 is 0. The number of nitrogens with two attached hydrogens (primary N) is 1. The first-order chi connectivity index (χ1) is 9.09. The van der Waals surface area contributed by atoms with Crippen molar-refractivity contribution in [3.05, 3.63) is 35.9 Å². The molecule has 1 aliphatic heterocycles. The van der Waals surface area contributed by atoms with Gasteiger partial charge < -0.3 is 15.2 Å². The van der Waals surface area contributed by atoms with Gasteiger partial charge in [-0.2, -0.15) is 0 Å².